The molecule has 0 spiro atoms. The van der Waals surface area contributed by atoms with Crippen LogP contribution < -0.4 is 10.6 Å². The Bertz CT molecular complexity index is 279. The predicted octanol–water partition coefficient (Wildman–Crippen LogP) is 1.21. The van der Waals surface area contributed by atoms with Gasteiger partial charge in [0.2, 0.25) is 0 Å². The first-order valence-corrected chi connectivity index (χ1v) is 6.10. The lowest BCUT2D eigenvalue weighted by molar-refractivity contribution is -0.141. The zero-order valence-corrected chi connectivity index (χ0v) is 11.6. The number of nitrogens with one attached hydrogen (secondary N) is 2. The number of carboxylic acid groups (broad SMARTS) is 1. The number of rotatable bonds is 8. The van der Waals surface area contributed by atoms with Crippen LogP contribution in [0.2, 0.25) is 0 Å². The smallest absolute Gasteiger partial charge is 0.315 e. The van der Waals surface area contributed by atoms with Crippen molar-refractivity contribution in [2.75, 3.05) is 20.3 Å². The molecule has 1 atom stereocenters. The molecule has 0 aromatic carbocycles. The third-order valence-electron chi connectivity index (χ3n) is 2.45. The van der Waals surface area contributed by atoms with E-state index in [9.17, 15) is 9.59 Å². The second-order valence-electron chi connectivity index (χ2n) is 4.98. The van der Waals surface area contributed by atoms with Crippen LogP contribution in [0.4, 0.5) is 4.79 Å². The molecule has 0 aliphatic heterocycles. The molecule has 2 amide bonds. The third kappa shape index (κ3) is 7.11. The fourth-order valence-corrected chi connectivity index (χ4v) is 1.63. The maximum atomic E-state index is 11.6. The van der Waals surface area contributed by atoms with Crippen molar-refractivity contribution in [2.45, 2.75) is 39.2 Å². The van der Waals surface area contributed by atoms with Gasteiger partial charge in [0.1, 0.15) is 0 Å². The summed E-state index contributed by atoms with van der Waals surface area (Å²) in [4.78, 5) is 22.5. The van der Waals surface area contributed by atoms with Crippen molar-refractivity contribution in [1.82, 2.24) is 10.6 Å². The lowest BCUT2D eigenvalue weighted by atomic mass is 10.0. The highest BCUT2D eigenvalue weighted by molar-refractivity contribution is 5.76. The third-order valence-corrected chi connectivity index (χ3v) is 2.45. The number of urea groups is 1. The van der Waals surface area contributed by atoms with Gasteiger partial charge in [0.25, 0.3) is 0 Å². The van der Waals surface area contributed by atoms with Gasteiger partial charge in [-0.05, 0) is 20.3 Å². The van der Waals surface area contributed by atoms with Gasteiger partial charge >= 0.3 is 12.0 Å². The van der Waals surface area contributed by atoms with Crippen LogP contribution in [-0.4, -0.2) is 42.9 Å². The standard InChI is InChI=1S/C12H24N2O4/c1-5-6-9(10(15)16)7-13-11(17)14-12(2,3)8-18-4/h9H,5-8H2,1-4H3,(H,15,16)(H2,13,14,17). The van der Waals surface area contributed by atoms with E-state index in [0.717, 1.165) is 6.42 Å². The molecule has 0 radical (unpaired) electrons. The second-order valence-corrected chi connectivity index (χ2v) is 4.98. The molecule has 18 heavy (non-hydrogen) atoms. The predicted molar refractivity (Wildman–Crippen MR) is 68.5 cm³/mol. The lowest BCUT2D eigenvalue weighted by Gasteiger charge is -2.25. The van der Waals surface area contributed by atoms with Gasteiger partial charge in [0.05, 0.1) is 18.1 Å². The molecule has 106 valence electrons. The number of aliphatic carboxylic acids is 1. The fraction of sp³-hybridized carbons (Fsp3) is 0.833. The van der Waals surface area contributed by atoms with Gasteiger partial charge in [-0.15, -0.1) is 0 Å². The Labute approximate surface area is 108 Å². The van der Waals surface area contributed by atoms with Gasteiger partial charge in [0, 0.05) is 13.7 Å². The number of hydrogen-bond donors (Lipinski definition) is 3. The van der Waals surface area contributed by atoms with Crippen molar-refractivity contribution in [3.8, 4) is 0 Å². The van der Waals surface area contributed by atoms with Crippen LogP contribution >= 0.6 is 0 Å². The zero-order chi connectivity index (χ0) is 14.2. The Morgan fingerprint density at radius 1 is 1.39 bits per heavy atom. The van der Waals surface area contributed by atoms with Crippen LogP contribution in [0.1, 0.15) is 33.6 Å². The summed E-state index contributed by atoms with van der Waals surface area (Å²) in [6, 6.07) is -0.376. The van der Waals surface area contributed by atoms with Crippen LogP contribution in [0, 0.1) is 5.92 Å². The largest absolute Gasteiger partial charge is 0.481 e. The minimum absolute atomic E-state index is 0.137. The molecule has 0 saturated carbocycles. The maximum Gasteiger partial charge on any atom is 0.315 e. The number of carboxylic acids is 1. The van der Waals surface area contributed by atoms with Crippen LogP contribution in [0.5, 0.6) is 0 Å². The van der Waals surface area contributed by atoms with E-state index in [0.29, 0.717) is 13.0 Å². The lowest BCUT2D eigenvalue weighted by Crippen LogP contribution is -2.51. The van der Waals surface area contributed by atoms with Crippen molar-refractivity contribution in [3.63, 3.8) is 0 Å². The van der Waals surface area contributed by atoms with E-state index in [1.807, 2.05) is 20.8 Å². The Morgan fingerprint density at radius 3 is 2.44 bits per heavy atom. The summed E-state index contributed by atoms with van der Waals surface area (Å²) in [5, 5.41) is 14.2. The number of ether oxygens (including phenoxy) is 1. The molecule has 0 bridgehead atoms. The summed E-state index contributed by atoms with van der Waals surface area (Å²) in [5.74, 6) is -1.42. The highest BCUT2D eigenvalue weighted by Crippen LogP contribution is 2.05. The molecule has 0 aliphatic rings. The van der Waals surface area contributed by atoms with E-state index in [-0.39, 0.29) is 12.6 Å². The number of carbonyl (C=O) groups excluding carboxylic acids is 1. The Hall–Kier alpha value is -1.30. The molecule has 0 rings (SSSR count). The molecule has 0 fully saturated rings. The number of hydrogen-bond acceptors (Lipinski definition) is 3. The SMILES string of the molecule is CCCC(CNC(=O)NC(C)(C)COC)C(=O)O. The molecule has 0 heterocycles. The van der Waals surface area contributed by atoms with E-state index in [2.05, 4.69) is 10.6 Å². The highest BCUT2D eigenvalue weighted by atomic mass is 16.5. The van der Waals surface area contributed by atoms with Gasteiger partial charge in [-0.3, -0.25) is 4.79 Å². The van der Waals surface area contributed by atoms with Crippen molar-refractivity contribution < 1.29 is 19.4 Å². The highest BCUT2D eigenvalue weighted by Gasteiger charge is 2.22. The minimum atomic E-state index is -0.881. The summed E-state index contributed by atoms with van der Waals surface area (Å²) < 4.78 is 4.97. The van der Waals surface area contributed by atoms with Crippen molar-refractivity contribution >= 4 is 12.0 Å². The quantitative estimate of drug-likeness (QED) is 0.612. The van der Waals surface area contributed by atoms with Gasteiger partial charge in [-0.2, -0.15) is 0 Å². The molecule has 0 aromatic heterocycles. The summed E-state index contributed by atoms with van der Waals surface area (Å²) in [6.07, 6.45) is 1.33. The van der Waals surface area contributed by atoms with Crippen molar-refractivity contribution in [2.24, 2.45) is 5.92 Å². The maximum absolute atomic E-state index is 11.6. The number of methoxy groups -OCH3 is 1. The molecular formula is C12H24N2O4. The van der Waals surface area contributed by atoms with Crippen LogP contribution in [0.15, 0.2) is 0 Å². The number of carbonyl (C=O) groups is 2. The average Bonchev–Trinajstić information content (AvgIpc) is 2.22. The van der Waals surface area contributed by atoms with E-state index in [4.69, 9.17) is 9.84 Å². The Morgan fingerprint density at radius 2 is 2.00 bits per heavy atom. The summed E-state index contributed by atoms with van der Waals surface area (Å²) in [7, 11) is 1.56. The molecule has 1 unspecified atom stereocenters. The first-order chi connectivity index (χ1) is 8.32. The van der Waals surface area contributed by atoms with E-state index >= 15 is 0 Å². The Kier molecular flexibility index (Phi) is 7.35. The van der Waals surface area contributed by atoms with Gasteiger partial charge in [-0.1, -0.05) is 13.3 Å². The molecule has 6 heteroatoms. The summed E-state index contributed by atoms with van der Waals surface area (Å²) in [6.45, 7) is 6.10. The summed E-state index contributed by atoms with van der Waals surface area (Å²) >= 11 is 0. The van der Waals surface area contributed by atoms with Crippen molar-refractivity contribution in [1.29, 1.82) is 0 Å². The molecule has 6 nitrogen and oxygen atoms in total. The molecule has 0 aromatic rings. The molecule has 3 N–H and O–H groups in total. The average molecular weight is 260 g/mol. The van der Waals surface area contributed by atoms with Crippen LogP contribution in [-0.2, 0) is 9.53 Å². The first-order valence-electron chi connectivity index (χ1n) is 6.10. The van der Waals surface area contributed by atoms with E-state index < -0.39 is 17.4 Å². The van der Waals surface area contributed by atoms with Crippen LogP contribution in [0.3, 0.4) is 0 Å². The van der Waals surface area contributed by atoms with Crippen molar-refractivity contribution in [3.05, 3.63) is 0 Å². The minimum Gasteiger partial charge on any atom is -0.481 e. The van der Waals surface area contributed by atoms with E-state index in [1.54, 1.807) is 7.11 Å². The normalized spacial score (nSPS) is 12.9. The van der Waals surface area contributed by atoms with Gasteiger partial charge < -0.3 is 20.5 Å². The van der Waals surface area contributed by atoms with E-state index in [1.165, 1.54) is 0 Å². The van der Waals surface area contributed by atoms with Crippen LogP contribution in [0.25, 0.3) is 0 Å². The fourth-order valence-electron chi connectivity index (χ4n) is 1.63. The Balaban J connectivity index is 4.12. The topological polar surface area (TPSA) is 87.7 Å². The molecule has 0 aliphatic carbocycles. The first kappa shape index (κ1) is 16.7. The molecular weight excluding hydrogens is 236 g/mol. The van der Waals surface area contributed by atoms with Gasteiger partial charge in [0.15, 0.2) is 0 Å². The number of amides is 2. The second kappa shape index (κ2) is 7.92. The molecule has 0 saturated heterocycles. The zero-order valence-electron chi connectivity index (χ0n) is 11.6. The van der Waals surface area contributed by atoms with Gasteiger partial charge in [-0.25, -0.2) is 4.79 Å². The summed E-state index contributed by atoms with van der Waals surface area (Å²) in [5.41, 5.74) is -0.484. The monoisotopic (exact) mass is 260 g/mol.